The summed E-state index contributed by atoms with van der Waals surface area (Å²) in [5.74, 6) is -0.234. The van der Waals surface area contributed by atoms with E-state index in [1.807, 2.05) is 42.5 Å². The number of rotatable bonds is 5. The number of amides is 2. The van der Waals surface area contributed by atoms with Gasteiger partial charge in [0.25, 0.3) is 0 Å². The summed E-state index contributed by atoms with van der Waals surface area (Å²) in [5.41, 5.74) is 1.91. The third kappa shape index (κ3) is 4.24. The summed E-state index contributed by atoms with van der Waals surface area (Å²) in [5, 5.41) is 0. The highest BCUT2D eigenvalue weighted by molar-refractivity contribution is 7.90. The first-order valence-corrected chi connectivity index (χ1v) is 11.9. The zero-order valence-electron chi connectivity index (χ0n) is 16.9. The highest BCUT2D eigenvalue weighted by Crippen LogP contribution is 2.24. The van der Waals surface area contributed by atoms with Crippen LogP contribution in [0.2, 0.25) is 0 Å². The lowest BCUT2D eigenvalue weighted by Gasteiger charge is -2.38. The van der Waals surface area contributed by atoms with Crippen LogP contribution < -0.4 is 4.90 Å². The fraction of sp³-hybridized carbons (Fsp3) is 0.364. The molecule has 2 aliphatic rings. The van der Waals surface area contributed by atoms with Crippen LogP contribution in [0, 0.1) is 0 Å². The van der Waals surface area contributed by atoms with Gasteiger partial charge in [0.15, 0.2) is 9.84 Å². The second-order valence-corrected chi connectivity index (χ2v) is 9.83. The van der Waals surface area contributed by atoms with Crippen LogP contribution in [0.25, 0.3) is 0 Å². The van der Waals surface area contributed by atoms with Crippen molar-refractivity contribution in [3.8, 4) is 0 Å². The smallest absolute Gasteiger partial charge is 0.247 e. The Hall–Kier alpha value is -2.71. The molecule has 0 saturated carbocycles. The standard InChI is InChI=1S/C22H25N3O4S/c1-30(28,29)19-9-7-18(8-10-19)23-11-13-24(14-12-23)20-15-21(26)25(22(20)27)16-17-5-3-2-4-6-17/h2-10,20H,11-16H2,1H3/t20-/m1/s1. The fourth-order valence-electron chi connectivity index (χ4n) is 4.08. The average molecular weight is 428 g/mol. The highest BCUT2D eigenvalue weighted by Gasteiger charge is 2.42. The van der Waals surface area contributed by atoms with Gasteiger partial charge in [0.05, 0.1) is 23.9 Å². The largest absolute Gasteiger partial charge is 0.369 e. The molecule has 2 saturated heterocycles. The quantitative estimate of drug-likeness (QED) is 0.674. The Morgan fingerprint density at radius 3 is 2.13 bits per heavy atom. The van der Waals surface area contributed by atoms with E-state index in [1.54, 1.807) is 12.1 Å². The number of carbonyl (C=O) groups is 2. The first kappa shape index (κ1) is 20.6. The first-order valence-electron chi connectivity index (χ1n) is 10.0. The summed E-state index contributed by atoms with van der Waals surface area (Å²) in [6, 6.07) is 16.0. The van der Waals surface area contributed by atoms with Crippen LogP contribution in [-0.2, 0) is 26.0 Å². The van der Waals surface area contributed by atoms with E-state index >= 15 is 0 Å². The van der Waals surface area contributed by atoms with Crippen molar-refractivity contribution in [3.05, 3.63) is 60.2 Å². The molecule has 2 heterocycles. The Balaban J connectivity index is 1.37. The van der Waals surface area contributed by atoms with Crippen molar-refractivity contribution >= 4 is 27.3 Å². The number of piperazine rings is 1. The molecule has 4 rings (SSSR count). The van der Waals surface area contributed by atoms with Gasteiger partial charge in [-0.05, 0) is 29.8 Å². The normalized spacial score (nSPS) is 20.8. The van der Waals surface area contributed by atoms with Crippen LogP contribution in [0.4, 0.5) is 5.69 Å². The maximum atomic E-state index is 12.9. The summed E-state index contributed by atoms with van der Waals surface area (Å²) >= 11 is 0. The second kappa shape index (κ2) is 8.20. The molecule has 2 amide bonds. The van der Waals surface area contributed by atoms with Gasteiger partial charge in [0, 0.05) is 38.1 Å². The first-order chi connectivity index (χ1) is 14.3. The van der Waals surface area contributed by atoms with Gasteiger partial charge in [0.1, 0.15) is 0 Å². The van der Waals surface area contributed by atoms with E-state index in [0.29, 0.717) is 24.5 Å². The van der Waals surface area contributed by atoms with Gasteiger partial charge in [-0.3, -0.25) is 19.4 Å². The van der Waals surface area contributed by atoms with E-state index in [1.165, 1.54) is 11.2 Å². The summed E-state index contributed by atoms with van der Waals surface area (Å²) < 4.78 is 23.3. The predicted octanol–water partition coefficient (Wildman–Crippen LogP) is 1.54. The Kier molecular flexibility index (Phi) is 5.62. The zero-order valence-corrected chi connectivity index (χ0v) is 17.7. The maximum absolute atomic E-state index is 12.9. The van der Waals surface area contributed by atoms with Crippen LogP contribution in [0.1, 0.15) is 12.0 Å². The van der Waals surface area contributed by atoms with Gasteiger partial charge in [-0.1, -0.05) is 30.3 Å². The summed E-state index contributed by atoms with van der Waals surface area (Å²) in [4.78, 5) is 31.3. The molecular formula is C22H25N3O4S. The van der Waals surface area contributed by atoms with Crippen molar-refractivity contribution in [2.75, 3.05) is 37.3 Å². The molecule has 0 unspecified atom stereocenters. The van der Waals surface area contributed by atoms with Crippen molar-refractivity contribution in [1.82, 2.24) is 9.80 Å². The molecular weight excluding hydrogens is 402 g/mol. The predicted molar refractivity (Wildman–Crippen MR) is 114 cm³/mol. The molecule has 8 heteroatoms. The van der Waals surface area contributed by atoms with Gasteiger partial charge < -0.3 is 4.90 Å². The van der Waals surface area contributed by atoms with Crippen LogP contribution in [0.5, 0.6) is 0 Å². The molecule has 0 radical (unpaired) electrons. The van der Waals surface area contributed by atoms with E-state index in [2.05, 4.69) is 9.80 Å². The third-order valence-electron chi connectivity index (χ3n) is 5.79. The Morgan fingerprint density at radius 2 is 1.53 bits per heavy atom. The molecule has 2 fully saturated rings. The average Bonchev–Trinajstić information content (AvgIpc) is 3.02. The Morgan fingerprint density at radius 1 is 0.900 bits per heavy atom. The van der Waals surface area contributed by atoms with Crippen LogP contribution >= 0.6 is 0 Å². The van der Waals surface area contributed by atoms with E-state index < -0.39 is 15.9 Å². The van der Waals surface area contributed by atoms with Crippen LogP contribution in [0.3, 0.4) is 0 Å². The lowest BCUT2D eigenvalue weighted by Crippen LogP contribution is -2.52. The zero-order chi connectivity index (χ0) is 21.3. The maximum Gasteiger partial charge on any atom is 0.247 e. The van der Waals surface area contributed by atoms with E-state index in [0.717, 1.165) is 24.3 Å². The molecule has 7 nitrogen and oxygen atoms in total. The fourth-order valence-corrected chi connectivity index (χ4v) is 4.71. The van der Waals surface area contributed by atoms with Crippen molar-refractivity contribution in [2.45, 2.75) is 23.9 Å². The van der Waals surface area contributed by atoms with E-state index in [4.69, 9.17) is 0 Å². The number of anilines is 1. The van der Waals surface area contributed by atoms with Crippen molar-refractivity contribution in [2.24, 2.45) is 0 Å². The molecule has 158 valence electrons. The van der Waals surface area contributed by atoms with Gasteiger partial charge >= 0.3 is 0 Å². The van der Waals surface area contributed by atoms with Crippen molar-refractivity contribution in [1.29, 1.82) is 0 Å². The highest BCUT2D eigenvalue weighted by atomic mass is 32.2. The second-order valence-electron chi connectivity index (χ2n) is 7.81. The minimum absolute atomic E-state index is 0.116. The van der Waals surface area contributed by atoms with E-state index in [-0.39, 0.29) is 18.2 Å². The van der Waals surface area contributed by atoms with E-state index in [9.17, 15) is 18.0 Å². The van der Waals surface area contributed by atoms with Gasteiger partial charge in [-0.25, -0.2) is 8.42 Å². The van der Waals surface area contributed by atoms with Crippen LogP contribution in [0.15, 0.2) is 59.5 Å². The molecule has 0 bridgehead atoms. The summed E-state index contributed by atoms with van der Waals surface area (Å²) in [6.07, 6.45) is 1.43. The van der Waals surface area contributed by atoms with Crippen molar-refractivity contribution in [3.63, 3.8) is 0 Å². The minimum atomic E-state index is -3.21. The molecule has 0 aromatic heterocycles. The number of sulfone groups is 1. The molecule has 0 N–H and O–H groups in total. The number of carbonyl (C=O) groups excluding carboxylic acids is 2. The molecule has 0 spiro atoms. The summed E-state index contributed by atoms with van der Waals surface area (Å²) in [6.45, 7) is 3.11. The SMILES string of the molecule is CS(=O)(=O)c1ccc(N2CCN([C@@H]3CC(=O)N(Cc4ccccc4)C3=O)CC2)cc1. The third-order valence-corrected chi connectivity index (χ3v) is 6.92. The molecule has 2 aromatic carbocycles. The monoisotopic (exact) mass is 427 g/mol. The lowest BCUT2D eigenvalue weighted by molar-refractivity contribution is -0.140. The number of hydrogen-bond acceptors (Lipinski definition) is 6. The molecule has 2 aromatic rings. The minimum Gasteiger partial charge on any atom is -0.369 e. The Bertz CT molecular complexity index is 1030. The Labute approximate surface area is 176 Å². The number of imide groups is 1. The number of hydrogen-bond donors (Lipinski definition) is 0. The topological polar surface area (TPSA) is 78.0 Å². The number of likely N-dealkylation sites (tertiary alicyclic amines) is 1. The van der Waals surface area contributed by atoms with Crippen LogP contribution in [-0.4, -0.2) is 68.5 Å². The molecule has 0 aliphatic carbocycles. The van der Waals surface area contributed by atoms with Crippen molar-refractivity contribution < 1.29 is 18.0 Å². The molecule has 30 heavy (non-hydrogen) atoms. The summed E-state index contributed by atoms with van der Waals surface area (Å²) in [7, 11) is -3.21. The number of nitrogens with zero attached hydrogens (tertiary/aromatic N) is 3. The molecule has 2 aliphatic heterocycles. The van der Waals surface area contributed by atoms with Gasteiger partial charge in [-0.2, -0.15) is 0 Å². The lowest BCUT2D eigenvalue weighted by atomic mass is 10.1. The molecule has 1 atom stereocenters. The number of benzene rings is 2. The van der Waals surface area contributed by atoms with Gasteiger partial charge in [0.2, 0.25) is 11.8 Å². The van der Waals surface area contributed by atoms with Gasteiger partial charge in [-0.15, -0.1) is 0 Å².